The Labute approximate surface area is 83.2 Å². The molecule has 0 aliphatic carbocycles. The maximum Gasteiger partial charge on any atom is 0.331 e. The van der Waals surface area contributed by atoms with Crippen LogP contribution in [0.3, 0.4) is 0 Å². The number of aliphatic carboxylic acids is 1. The summed E-state index contributed by atoms with van der Waals surface area (Å²) in [4.78, 5) is 23.5. The summed E-state index contributed by atoms with van der Waals surface area (Å²) in [6.45, 7) is 3.93. The number of hydrogen-bond donors (Lipinski definition) is 1. The van der Waals surface area contributed by atoms with Gasteiger partial charge in [-0.3, -0.25) is 4.79 Å². The molecule has 1 heterocycles. The summed E-state index contributed by atoms with van der Waals surface area (Å²) in [5, 5.41) is 8.62. The fraction of sp³-hybridized carbons (Fsp3) is 0.600. The van der Waals surface area contributed by atoms with E-state index >= 15 is 0 Å². The SMILES string of the molecule is C/C(=C/CN1C(=O)CCC1C)C(=O)O. The average molecular weight is 197 g/mol. The van der Waals surface area contributed by atoms with Gasteiger partial charge in [0.05, 0.1) is 0 Å². The van der Waals surface area contributed by atoms with Gasteiger partial charge in [-0.05, 0) is 20.3 Å². The fourth-order valence-electron chi connectivity index (χ4n) is 1.48. The predicted octanol–water partition coefficient (Wildman–Crippen LogP) is 1.03. The monoisotopic (exact) mass is 197 g/mol. The minimum Gasteiger partial charge on any atom is -0.478 e. The second-order valence-electron chi connectivity index (χ2n) is 3.63. The highest BCUT2D eigenvalue weighted by atomic mass is 16.4. The van der Waals surface area contributed by atoms with Gasteiger partial charge < -0.3 is 10.0 Å². The van der Waals surface area contributed by atoms with E-state index in [1.165, 1.54) is 6.92 Å². The molecular formula is C10H15NO3. The van der Waals surface area contributed by atoms with E-state index in [9.17, 15) is 9.59 Å². The second-order valence-corrected chi connectivity index (χ2v) is 3.63. The van der Waals surface area contributed by atoms with Crippen LogP contribution in [-0.4, -0.2) is 34.5 Å². The smallest absolute Gasteiger partial charge is 0.331 e. The molecule has 0 bridgehead atoms. The van der Waals surface area contributed by atoms with E-state index in [1.54, 1.807) is 11.0 Å². The van der Waals surface area contributed by atoms with Gasteiger partial charge in [0, 0.05) is 24.6 Å². The van der Waals surface area contributed by atoms with Crippen LogP contribution >= 0.6 is 0 Å². The highest BCUT2D eigenvalue weighted by Crippen LogP contribution is 2.17. The maximum absolute atomic E-state index is 11.3. The van der Waals surface area contributed by atoms with Crippen molar-refractivity contribution >= 4 is 11.9 Å². The second kappa shape index (κ2) is 4.26. The molecular weight excluding hydrogens is 182 g/mol. The van der Waals surface area contributed by atoms with E-state index in [0.29, 0.717) is 13.0 Å². The van der Waals surface area contributed by atoms with Crippen molar-refractivity contribution in [3.8, 4) is 0 Å². The molecule has 1 aliphatic heterocycles. The summed E-state index contributed by atoms with van der Waals surface area (Å²) < 4.78 is 0. The molecule has 1 saturated heterocycles. The van der Waals surface area contributed by atoms with Gasteiger partial charge >= 0.3 is 5.97 Å². The number of nitrogens with zero attached hydrogens (tertiary/aromatic N) is 1. The molecule has 4 heteroatoms. The summed E-state index contributed by atoms with van der Waals surface area (Å²) in [7, 11) is 0. The standard InChI is InChI=1S/C10H15NO3/c1-7(10(13)14)5-6-11-8(2)3-4-9(11)12/h5,8H,3-4,6H2,1-2H3,(H,13,14)/b7-5-. The van der Waals surface area contributed by atoms with E-state index in [4.69, 9.17) is 5.11 Å². The highest BCUT2D eigenvalue weighted by Gasteiger charge is 2.26. The Morgan fingerprint density at radius 2 is 2.36 bits per heavy atom. The number of hydrogen-bond acceptors (Lipinski definition) is 2. The summed E-state index contributed by atoms with van der Waals surface area (Å²) in [6.07, 6.45) is 3.04. The first-order valence-corrected chi connectivity index (χ1v) is 4.72. The number of carboxylic acid groups (broad SMARTS) is 1. The molecule has 1 aliphatic rings. The van der Waals surface area contributed by atoms with E-state index in [-0.39, 0.29) is 17.5 Å². The van der Waals surface area contributed by atoms with Gasteiger partial charge in [-0.15, -0.1) is 0 Å². The first kappa shape index (κ1) is 10.8. The number of rotatable bonds is 3. The molecule has 14 heavy (non-hydrogen) atoms. The molecule has 1 amide bonds. The van der Waals surface area contributed by atoms with E-state index in [2.05, 4.69) is 0 Å². The zero-order valence-electron chi connectivity index (χ0n) is 8.49. The van der Waals surface area contributed by atoms with E-state index in [0.717, 1.165) is 6.42 Å². The first-order chi connectivity index (χ1) is 6.52. The Kier molecular flexibility index (Phi) is 3.28. The molecule has 0 aromatic rings. The van der Waals surface area contributed by atoms with Gasteiger partial charge in [0.15, 0.2) is 0 Å². The Balaban J connectivity index is 2.56. The molecule has 0 aromatic carbocycles. The van der Waals surface area contributed by atoms with Crippen molar-refractivity contribution in [2.75, 3.05) is 6.54 Å². The van der Waals surface area contributed by atoms with Gasteiger partial charge in [0.25, 0.3) is 0 Å². The summed E-state index contributed by atoms with van der Waals surface area (Å²) >= 11 is 0. The molecule has 1 rings (SSSR count). The van der Waals surface area contributed by atoms with Gasteiger partial charge in [-0.1, -0.05) is 6.08 Å². The van der Waals surface area contributed by atoms with Gasteiger partial charge in [-0.2, -0.15) is 0 Å². The highest BCUT2D eigenvalue weighted by molar-refractivity contribution is 5.86. The first-order valence-electron chi connectivity index (χ1n) is 4.72. The van der Waals surface area contributed by atoms with Crippen molar-refractivity contribution in [3.05, 3.63) is 11.6 Å². The third-order valence-electron chi connectivity index (χ3n) is 2.56. The zero-order valence-corrected chi connectivity index (χ0v) is 8.49. The third-order valence-corrected chi connectivity index (χ3v) is 2.56. The van der Waals surface area contributed by atoms with Crippen LogP contribution in [0.1, 0.15) is 26.7 Å². The average Bonchev–Trinajstić information content (AvgIpc) is 2.43. The van der Waals surface area contributed by atoms with Crippen molar-refractivity contribution in [2.45, 2.75) is 32.7 Å². The number of carboxylic acids is 1. The van der Waals surface area contributed by atoms with Crippen molar-refractivity contribution in [1.82, 2.24) is 4.90 Å². The van der Waals surface area contributed by atoms with E-state index in [1.807, 2.05) is 6.92 Å². The van der Waals surface area contributed by atoms with Crippen LogP contribution in [-0.2, 0) is 9.59 Å². The molecule has 1 N–H and O–H groups in total. The molecule has 1 unspecified atom stereocenters. The largest absolute Gasteiger partial charge is 0.478 e. The molecule has 0 aromatic heterocycles. The Bertz CT molecular complexity index is 283. The molecule has 0 spiro atoms. The molecule has 1 fully saturated rings. The van der Waals surface area contributed by atoms with Gasteiger partial charge in [0.2, 0.25) is 5.91 Å². The third kappa shape index (κ3) is 2.34. The van der Waals surface area contributed by atoms with Crippen LogP contribution in [0.2, 0.25) is 0 Å². The predicted molar refractivity (Wildman–Crippen MR) is 51.8 cm³/mol. The minimum atomic E-state index is -0.927. The van der Waals surface area contributed by atoms with Gasteiger partial charge in [-0.25, -0.2) is 4.79 Å². The van der Waals surface area contributed by atoms with Crippen LogP contribution in [0.25, 0.3) is 0 Å². The van der Waals surface area contributed by atoms with Crippen LogP contribution in [0.15, 0.2) is 11.6 Å². The normalized spacial score (nSPS) is 23.0. The van der Waals surface area contributed by atoms with Crippen molar-refractivity contribution < 1.29 is 14.7 Å². The van der Waals surface area contributed by atoms with Crippen molar-refractivity contribution in [1.29, 1.82) is 0 Å². The minimum absolute atomic E-state index is 0.118. The lowest BCUT2D eigenvalue weighted by molar-refractivity contribution is -0.133. The number of likely N-dealkylation sites (tertiary alicyclic amines) is 1. The van der Waals surface area contributed by atoms with Crippen LogP contribution < -0.4 is 0 Å². The Morgan fingerprint density at radius 3 is 2.79 bits per heavy atom. The Hall–Kier alpha value is -1.32. The molecule has 0 saturated carbocycles. The summed E-state index contributed by atoms with van der Waals surface area (Å²) in [5.74, 6) is -0.809. The lowest BCUT2D eigenvalue weighted by Crippen LogP contribution is -2.31. The summed E-state index contributed by atoms with van der Waals surface area (Å²) in [6, 6.07) is 0.236. The van der Waals surface area contributed by atoms with E-state index < -0.39 is 5.97 Å². The van der Waals surface area contributed by atoms with Crippen molar-refractivity contribution in [3.63, 3.8) is 0 Å². The molecule has 0 radical (unpaired) electrons. The topological polar surface area (TPSA) is 57.6 Å². The molecule has 1 atom stereocenters. The summed E-state index contributed by atoms with van der Waals surface area (Å²) in [5.41, 5.74) is 0.289. The lowest BCUT2D eigenvalue weighted by atomic mass is 10.2. The molecule has 4 nitrogen and oxygen atoms in total. The Morgan fingerprint density at radius 1 is 1.71 bits per heavy atom. The maximum atomic E-state index is 11.3. The number of carbonyl (C=O) groups excluding carboxylic acids is 1. The molecule has 78 valence electrons. The number of carbonyl (C=O) groups is 2. The van der Waals surface area contributed by atoms with Crippen LogP contribution in [0.5, 0.6) is 0 Å². The van der Waals surface area contributed by atoms with Crippen LogP contribution in [0, 0.1) is 0 Å². The zero-order chi connectivity index (χ0) is 10.7. The van der Waals surface area contributed by atoms with Gasteiger partial charge in [0.1, 0.15) is 0 Å². The van der Waals surface area contributed by atoms with Crippen LogP contribution in [0.4, 0.5) is 0 Å². The quantitative estimate of drug-likeness (QED) is 0.687. The lowest BCUT2D eigenvalue weighted by Gasteiger charge is -2.19. The van der Waals surface area contributed by atoms with Crippen molar-refractivity contribution in [2.24, 2.45) is 0 Å². The number of amides is 1. The fourth-order valence-corrected chi connectivity index (χ4v) is 1.48.